The van der Waals surface area contributed by atoms with Crippen LogP contribution >= 0.6 is 0 Å². The summed E-state index contributed by atoms with van der Waals surface area (Å²) in [4.78, 5) is 11.0. The summed E-state index contributed by atoms with van der Waals surface area (Å²) in [6.07, 6.45) is -3.29. The number of pyridine rings is 1. The molecule has 0 radical (unpaired) electrons. The molecule has 0 aliphatic carbocycles. The third kappa shape index (κ3) is 1.75. The molecular formula is C9H7F3N4. The molecule has 0 fully saturated rings. The number of nitrogens with zero attached hydrogens (tertiary/aromatic N) is 3. The SMILES string of the molecule is CNc1ncnc2nc(C(F)(F)F)ccc12. The fourth-order valence-electron chi connectivity index (χ4n) is 1.30. The molecule has 0 amide bonds. The van der Waals surface area contributed by atoms with E-state index >= 15 is 0 Å². The number of aromatic nitrogens is 3. The van der Waals surface area contributed by atoms with Crippen molar-refractivity contribution in [3.63, 3.8) is 0 Å². The second-order valence-electron chi connectivity index (χ2n) is 3.04. The Morgan fingerprint density at radius 1 is 1.19 bits per heavy atom. The lowest BCUT2D eigenvalue weighted by Crippen LogP contribution is -2.08. The summed E-state index contributed by atoms with van der Waals surface area (Å²) in [7, 11) is 1.62. The zero-order valence-corrected chi connectivity index (χ0v) is 8.21. The molecule has 2 rings (SSSR count). The monoisotopic (exact) mass is 228 g/mol. The Kier molecular flexibility index (Phi) is 2.37. The highest BCUT2D eigenvalue weighted by molar-refractivity contribution is 5.86. The molecule has 4 nitrogen and oxygen atoms in total. The highest BCUT2D eigenvalue weighted by Gasteiger charge is 2.32. The molecule has 16 heavy (non-hydrogen) atoms. The standard InChI is InChI=1S/C9H7F3N4/c1-13-7-5-2-3-6(9(10,11)12)16-8(5)15-4-14-7/h2-4H,1H3,(H,13,14,15,16). The van der Waals surface area contributed by atoms with Crippen molar-refractivity contribution in [2.75, 3.05) is 12.4 Å². The minimum Gasteiger partial charge on any atom is -0.372 e. The fraction of sp³-hybridized carbons (Fsp3) is 0.222. The van der Waals surface area contributed by atoms with Crippen molar-refractivity contribution in [3.05, 3.63) is 24.2 Å². The molecule has 2 aromatic heterocycles. The molecule has 0 saturated carbocycles. The minimum absolute atomic E-state index is 0.0224. The molecule has 7 heteroatoms. The van der Waals surface area contributed by atoms with Gasteiger partial charge in [-0.2, -0.15) is 13.2 Å². The molecule has 0 unspecified atom stereocenters. The Bertz CT molecular complexity index is 524. The maximum absolute atomic E-state index is 12.4. The quantitative estimate of drug-likeness (QED) is 0.811. The van der Waals surface area contributed by atoms with Crippen LogP contribution in [0.15, 0.2) is 18.5 Å². The summed E-state index contributed by atoms with van der Waals surface area (Å²) in [5, 5.41) is 3.21. The van der Waals surface area contributed by atoms with Crippen LogP contribution in [-0.2, 0) is 6.18 Å². The summed E-state index contributed by atoms with van der Waals surface area (Å²) >= 11 is 0. The van der Waals surface area contributed by atoms with Gasteiger partial charge in [0.05, 0.1) is 5.39 Å². The molecule has 0 aromatic carbocycles. The van der Waals surface area contributed by atoms with Gasteiger partial charge in [-0.15, -0.1) is 0 Å². The summed E-state index contributed by atoms with van der Waals surface area (Å²) in [6.45, 7) is 0. The maximum Gasteiger partial charge on any atom is 0.433 e. The van der Waals surface area contributed by atoms with Crippen molar-refractivity contribution in [1.29, 1.82) is 0 Å². The van der Waals surface area contributed by atoms with Crippen LogP contribution in [0.2, 0.25) is 0 Å². The molecule has 2 aromatic rings. The zero-order chi connectivity index (χ0) is 11.8. The Balaban J connectivity index is 2.64. The lowest BCUT2D eigenvalue weighted by molar-refractivity contribution is -0.141. The zero-order valence-electron chi connectivity index (χ0n) is 8.21. The van der Waals surface area contributed by atoms with Crippen molar-refractivity contribution in [2.45, 2.75) is 6.18 Å². The molecule has 0 aliphatic heterocycles. The molecule has 0 atom stereocenters. The second-order valence-corrected chi connectivity index (χ2v) is 3.04. The smallest absolute Gasteiger partial charge is 0.372 e. The molecule has 0 aliphatic rings. The van der Waals surface area contributed by atoms with Crippen LogP contribution in [-0.4, -0.2) is 22.0 Å². The first-order chi connectivity index (χ1) is 7.52. The van der Waals surface area contributed by atoms with Crippen molar-refractivity contribution < 1.29 is 13.2 Å². The van der Waals surface area contributed by atoms with E-state index in [9.17, 15) is 13.2 Å². The lowest BCUT2D eigenvalue weighted by Gasteiger charge is -2.07. The molecule has 2 heterocycles. The van der Waals surface area contributed by atoms with E-state index in [0.717, 1.165) is 6.07 Å². The van der Waals surface area contributed by atoms with Gasteiger partial charge in [-0.05, 0) is 12.1 Å². The van der Waals surface area contributed by atoms with E-state index in [1.165, 1.54) is 12.4 Å². The van der Waals surface area contributed by atoms with E-state index in [1.807, 2.05) is 0 Å². The topological polar surface area (TPSA) is 50.7 Å². The minimum atomic E-state index is -4.46. The van der Waals surface area contributed by atoms with Gasteiger partial charge in [0, 0.05) is 7.05 Å². The summed E-state index contributed by atoms with van der Waals surface area (Å²) in [5.74, 6) is 0.450. The van der Waals surface area contributed by atoms with E-state index in [-0.39, 0.29) is 5.65 Å². The van der Waals surface area contributed by atoms with Crippen LogP contribution in [0.25, 0.3) is 11.0 Å². The summed E-state index contributed by atoms with van der Waals surface area (Å²) in [6, 6.07) is 2.21. The van der Waals surface area contributed by atoms with Crippen molar-refractivity contribution in [1.82, 2.24) is 15.0 Å². The van der Waals surface area contributed by atoms with E-state index in [4.69, 9.17) is 0 Å². The second kappa shape index (κ2) is 3.58. The maximum atomic E-state index is 12.4. The van der Waals surface area contributed by atoms with Crippen molar-refractivity contribution in [2.24, 2.45) is 0 Å². The Morgan fingerprint density at radius 3 is 2.56 bits per heavy atom. The van der Waals surface area contributed by atoms with Crippen LogP contribution in [0, 0.1) is 0 Å². The molecule has 0 bridgehead atoms. The number of fused-ring (bicyclic) bond motifs is 1. The third-order valence-corrected chi connectivity index (χ3v) is 2.02. The first kappa shape index (κ1) is 10.6. The molecule has 1 N–H and O–H groups in total. The normalized spacial score (nSPS) is 11.8. The first-order valence-corrected chi connectivity index (χ1v) is 4.39. The van der Waals surface area contributed by atoms with Crippen LogP contribution < -0.4 is 5.32 Å². The largest absolute Gasteiger partial charge is 0.433 e. The molecule has 0 saturated heterocycles. The van der Waals surface area contributed by atoms with Crippen molar-refractivity contribution in [3.8, 4) is 0 Å². The van der Waals surface area contributed by atoms with Gasteiger partial charge in [-0.1, -0.05) is 0 Å². The molecule has 84 valence electrons. The fourth-order valence-corrected chi connectivity index (χ4v) is 1.30. The first-order valence-electron chi connectivity index (χ1n) is 4.39. The van der Waals surface area contributed by atoms with Crippen molar-refractivity contribution >= 4 is 16.9 Å². The average molecular weight is 228 g/mol. The number of hydrogen-bond donors (Lipinski definition) is 1. The van der Waals surface area contributed by atoms with Crippen LogP contribution in [0.4, 0.5) is 19.0 Å². The molecule has 0 spiro atoms. The van der Waals surface area contributed by atoms with Gasteiger partial charge in [0.1, 0.15) is 17.8 Å². The number of hydrogen-bond acceptors (Lipinski definition) is 4. The van der Waals surface area contributed by atoms with Gasteiger partial charge >= 0.3 is 6.18 Å². The Morgan fingerprint density at radius 2 is 1.94 bits per heavy atom. The number of rotatable bonds is 1. The van der Waals surface area contributed by atoms with E-state index in [2.05, 4.69) is 20.3 Å². The van der Waals surface area contributed by atoms with E-state index < -0.39 is 11.9 Å². The Hall–Kier alpha value is -1.92. The number of nitrogens with one attached hydrogen (secondary N) is 1. The lowest BCUT2D eigenvalue weighted by atomic mass is 10.2. The highest BCUT2D eigenvalue weighted by atomic mass is 19.4. The van der Waals surface area contributed by atoms with Crippen LogP contribution in [0.5, 0.6) is 0 Å². The number of alkyl halides is 3. The van der Waals surface area contributed by atoms with Gasteiger partial charge in [-0.3, -0.25) is 0 Å². The summed E-state index contributed by atoms with van der Waals surface area (Å²) < 4.78 is 37.1. The van der Waals surface area contributed by atoms with Gasteiger partial charge in [0.2, 0.25) is 0 Å². The third-order valence-electron chi connectivity index (χ3n) is 2.02. The average Bonchev–Trinajstić information content (AvgIpc) is 2.26. The summed E-state index contributed by atoms with van der Waals surface area (Å²) in [5.41, 5.74) is -0.935. The highest BCUT2D eigenvalue weighted by Crippen LogP contribution is 2.29. The predicted octanol–water partition coefficient (Wildman–Crippen LogP) is 2.09. The van der Waals surface area contributed by atoms with Gasteiger partial charge in [0.25, 0.3) is 0 Å². The van der Waals surface area contributed by atoms with Crippen LogP contribution in [0.3, 0.4) is 0 Å². The van der Waals surface area contributed by atoms with Gasteiger partial charge in [-0.25, -0.2) is 15.0 Å². The van der Waals surface area contributed by atoms with Gasteiger partial charge < -0.3 is 5.32 Å². The van der Waals surface area contributed by atoms with Gasteiger partial charge in [0.15, 0.2) is 5.65 Å². The van der Waals surface area contributed by atoms with Crippen LogP contribution in [0.1, 0.15) is 5.69 Å². The molecular weight excluding hydrogens is 221 g/mol. The predicted molar refractivity (Wildman–Crippen MR) is 51.9 cm³/mol. The number of anilines is 1. The number of halogens is 3. The van der Waals surface area contributed by atoms with E-state index in [1.54, 1.807) is 7.05 Å². The van der Waals surface area contributed by atoms with E-state index in [0.29, 0.717) is 11.2 Å². The Labute approximate surface area is 88.5 Å².